The van der Waals surface area contributed by atoms with Crippen LogP contribution >= 0.6 is 0 Å². The maximum Gasteiger partial charge on any atom is 0.167 e. The van der Waals surface area contributed by atoms with Crippen LogP contribution < -0.4 is 0 Å². The van der Waals surface area contributed by atoms with E-state index in [0.29, 0.717) is 13.2 Å². The number of aldehydes is 1. The molecule has 1 N–H and O–H groups in total. The molecule has 98 valence electrons. The molecule has 1 fully saturated rings. The van der Waals surface area contributed by atoms with Crippen LogP contribution in [-0.2, 0) is 16.1 Å². The Kier molecular flexibility index (Phi) is 4.87. The van der Waals surface area contributed by atoms with Crippen molar-refractivity contribution in [2.24, 2.45) is 0 Å². The molecule has 1 unspecified atom stereocenters. The largest absolute Gasteiger partial charge is 0.395 e. The quantitative estimate of drug-likeness (QED) is 0.814. The van der Waals surface area contributed by atoms with Crippen LogP contribution in [0.4, 0.5) is 0 Å². The smallest absolute Gasteiger partial charge is 0.167 e. The standard InChI is InChI=1S/C14H19NO3/c16-10-13-7-4-8-18-14(11-17)15(13)9-12-5-2-1-3-6-12/h1-3,5-6,11,13-14,16H,4,7-10H2/t13-,14?/m0/s1. The summed E-state index contributed by atoms with van der Waals surface area (Å²) in [6.07, 6.45) is 2.00. The second kappa shape index (κ2) is 6.64. The van der Waals surface area contributed by atoms with Gasteiger partial charge in [0.05, 0.1) is 6.61 Å². The van der Waals surface area contributed by atoms with Crippen molar-refractivity contribution in [1.29, 1.82) is 0 Å². The maximum absolute atomic E-state index is 11.1. The van der Waals surface area contributed by atoms with Crippen molar-refractivity contribution < 1.29 is 14.6 Å². The van der Waals surface area contributed by atoms with Gasteiger partial charge in [-0.25, -0.2) is 0 Å². The third-order valence-corrected chi connectivity index (χ3v) is 3.30. The van der Waals surface area contributed by atoms with Gasteiger partial charge in [-0.15, -0.1) is 0 Å². The lowest BCUT2D eigenvalue weighted by Crippen LogP contribution is -2.45. The summed E-state index contributed by atoms with van der Waals surface area (Å²) in [5.41, 5.74) is 1.12. The average Bonchev–Trinajstić information content (AvgIpc) is 2.62. The number of hydrogen-bond acceptors (Lipinski definition) is 4. The highest BCUT2D eigenvalue weighted by atomic mass is 16.5. The van der Waals surface area contributed by atoms with Crippen molar-refractivity contribution >= 4 is 6.29 Å². The highest BCUT2D eigenvalue weighted by Gasteiger charge is 2.28. The van der Waals surface area contributed by atoms with Gasteiger partial charge >= 0.3 is 0 Å². The SMILES string of the molecule is O=CC1OCCC[C@@H](CO)N1Cc1ccccc1. The molecule has 4 nitrogen and oxygen atoms in total. The molecular weight excluding hydrogens is 230 g/mol. The summed E-state index contributed by atoms with van der Waals surface area (Å²) in [6, 6.07) is 9.92. The zero-order chi connectivity index (χ0) is 12.8. The van der Waals surface area contributed by atoms with Crippen LogP contribution in [0.15, 0.2) is 30.3 Å². The summed E-state index contributed by atoms with van der Waals surface area (Å²) in [4.78, 5) is 13.1. The second-order valence-corrected chi connectivity index (χ2v) is 4.53. The van der Waals surface area contributed by atoms with Gasteiger partial charge in [0, 0.05) is 19.2 Å². The lowest BCUT2D eigenvalue weighted by Gasteiger charge is -2.31. The first-order valence-corrected chi connectivity index (χ1v) is 6.32. The number of ether oxygens (including phenoxy) is 1. The van der Waals surface area contributed by atoms with Crippen molar-refractivity contribution in [2.75, 3.05) is 13.2 Å². The Bertz CT molecular complexity index is 369. The number of aliphatic hydroxyl groups excluding tert-OH is 1. The van der Waals surface area contributed by atoms with Gasteiger partial charge in [-0.05, 0) is 18.4 Å². The Morgan fingerprint density at radius 3 is 2.83 bits per heavy atom. The van der Waals surface area contributed by atoms with Crippen molar-refractivity contribution in [3.63, 3.8) is 0 Å². The second-order valence-electron chi connectivity index (χ2n) is 4.53. The molecule has 0 radical (unpaired) electrons. The number of aliphatic hydroxyl groups is 1. The number of benzene rings is 1. The Hall–Kier alpha value is -1.23. The van der Waals surface area contributed by atoms with E-state index in [0.717, 1.165) is 24.7 Å². The molecule has 0 spiro atoms. The first kappa shape index (κ1) is 13.2. The van der Waals surface area contributed by atoms with Crippen LogP contribution in [0, 0.1) is 0 Å². The summed E-state index contributed by atoms with van der Waals surface area (Å²) >= 11 is 0. The predicted molar refractivity (Wildman–Crippen MR) is 67.9 cm³/mol. The van der Waals surface area contributed by atoms with Crippen LogP contribution in [0.1, 0.15) is 18.4 Å². The van der Waals surface area contributed by atoms with Gasteiger partial charge in [0.25, 0.3) is 0 Å². The number of nitrogens with zero attached hydrogens (tertiary/aromatic N) is 1. The molecule has 1 aromatic rings. The van der Waals surface area contributed by atoms with Crippen LogP contribution in [0.3, 0.4) is 0 Å². The summed E-state index contributed by atoms with van der Waals surface area (Å²) in [5, 5.41) is 9.46. The Morgan fingerprint density at radius 1 is 1.39 bits per heavy atom. The summed E-state index contributed by atoms with van der Waals surface area (Å²) in [5.74, 6) is 0. The van der Waals surface area contributed by atoms with Gasteiger partial charge in [0.15, 0.2) is 12.5 Å². The number of carbonyl (C=O) groups excluding carboxylic acids is 1. The van der Waals surface area contributed by atoms with Crippen LogP contribution in [0.2, 0.25) is 0 Å². The van der Waals surface area contributed by atoms with E-state index >= 15 is 0 Å². The average molecular weight is 249 g/mol. The summed E-state index contributed by atoms with van der Waals surface area (Å²) in [6.45, 7) is 1.25. The molecule has 0 aliphatic carbocycles. The van der Waals surface area contributed by atoms with Crippen LogP contribution in [-0.4, -0.2) is 41.8 Å². The van der Waals surface area contributed by atoms with Gasteiger partial charge in [-0.2, -0.15) is 0 Å². The van der Waals surface area contributed by atoms with Gasteiger partial charge in [0.1, 0.15) is 0 Å². The molecule has 1 heterocycles. The zero-order valence-corrected chi connectivity index (χ0v) is 10.4. The summed E-state index contributed by atoms with van der Waals surface area (Å²) < 4.78 is 5.52. The van der Waals surface area contributed by atoms with E-state index in [1.807, 2.05) is 35.2 Å². The first-order chi connectivity index (χ1) is 8.85. The third kappa shape index (κ3) is 3.16. The fourth-order valence-corrected chi connectivity index (χ4v) is 2.32. The molecule has 2 rings (SSSR count). The number of hydrogen-bond donors (Lipinski definition) is 1. The Balaban J connectivity index is 2.15. The first-order valence-electron chi connectivity index (χ1n) is 6.32. The molecule has 2 atom stereocenters. The minimum absolute atomic E-state index is 0.0112. The zero-order valence-electron chi connectivity index (χ0n) is 10.4. The molecule has 1 saturated heterocycles. The Labute approximate surface area is 107 Å². The van der Waals surface area contributed by atoms with Gasteiger partial charge < -0.3 is 9.84 Å². The van der Waals surface area contributed by atoms with E-state index in [1.54, 1.807) is 0 Å². The van der Waals surface area contributed by atoms with Gasteiger partial charge in [-0.1, -0.05) is 30.3 Å². The molecule has 0 aromatic heterocycles. The normalized spacial score (nSPS) is 25.6. The van der Waals surface area contributed by atoms with E-state index in [4.69, 9.17) is 4.74 Å². The number of rotatable bonds is 4. The van der Waals surface area contributed by atoms with Crippen LogP contribution in [0.25, 0.3) is 0 Å². The van der Waals surface area contributed by atoms with Crippen LogP contribution in [0.5, 0.6) is 0 Å². The molecule has 1 aliphatic heterocycles. The van der Waals surface area contributed by atoms with Gasteiger partial charge in [0.2, 0.25) is 0 Å². The van der Waals surface area contributed by atoms with Gasteiger partial charge in [-0.3, -0.25) is 9.69 Å². The third-order valence-electron chi connectivity index (χ3n) is 3.30. The van der Waals surface area contributed by atoms with E-state index in [-0.39, 0.29) is 12.6 Å². The molecule has 0 saturated carbocycles. The summed E-state index contributed by atoms with van der Waals surface area (Å²) in [7, 11) is 0. The molecule has 4 heteroatoms. The fourth-order valence-electron chi connectivity index (χ4n) is 2.32. The molecular formula is C14H19NO3. The van der Waals surface area contributed by atoms with Crippen molar-refractivity contribution in [2.45, 2.75) is 31.7 Å². The predicted octanol–water partition coefficient (Wildman–Crippen LogP) is 1.18. The molecule has 0 amide bonds. The fraction of sp³-hybridized carbons (Fsp3) is 0.500. The maximum atomic E-state index is 11.1. The van der Waals surface area contributed by atoms with E-state index in [1.165, 1.54) is 0 Å². The monoisotopic (exact) mass is 249 g/mol. The molecule has 0 bridgehead atoms. The highest BCUT2D eigenvalue weighted by molar-refractivity contribution is 5.55. The Morgan fingerprint density at radius 2 is 2.17 bits per heavy atom. The van der Waals surface area contributed by atoms with E-state index in [2.05, 4.69) is 0 Å². The molecule has 1 aromatic carbocycles. The topological polar surface area (TPSA) is 49.8 Å². The number of carbonyl (C=O) groups is 1. The minimum atomic E-state index is -0.551. The minimum Gasteiger partial charge on any atom is -0.395 e. The lowest BCUT2D eigenvalue weighted by molar-refractivity contribution is -0.133. The lowest BCUT2D eigenvalue weighted by atomic mass is 10.1. The van der Waals surface area contributed by atoms with E-state index in [9.17, 15) is 9.90 Å². The van der Waals surface area contributed by atoms with Crippen molar-refractivity contribution in [3.8, 4) is 0 Å². The van der Waals surface area contributed by atoms with E-state index < -0.39 is 6.23 Å². The van der Waals surface area contributed by atoms with Crippen molar-refractivity contribution in [1.82, 2.24) is 4.90 Å². The highest BCUT2D eigenvalue weighted by Crippen LogP contribution is 2.19. The van der Waals surface area contributed by atoms with Crippen molar-refractivity contribution in [3.05, 3.63) is 35.9 Å². The molecule has 18 heavy (non-hydrogen) atoms. The molecule has 1 aliphatic rings.